The summed E-state index contributed by atoms with van der Waals surface area (Å²) in [4.78, 5) is 12.3. The van der Waals surface area contributed by atoms with Crippen molar-refractivity contribution in [1.82, 2.24) is 14.6 Å². The average molecular weight is 394 g/mol. The highest BCUT2D eigenvalue weighted by molar-refractivity contribution is 7.99. The van der Waals surface area contributed by atoms with Gasteiger partial charge in [-0.1, -0.05) is 30.0 Å². The summed E-state index contributed by atoms with van der Waals surface area (Å²) in [5, 5.41) is 13.1. The molecule has 2 heterocycles. The number of anilines is 1. The van der Waals surface area contributed by atoms with E-state index in [9.17, 15) is 9.18 Å². The number of aromatic nitrogens is 3. The number of rotatable bonds is 4. The van der Waals surface area contributed by atoms with E-state index in [0.29, 0.717) is 10.8 Å². The van der Waals surface area contributed by atoms with E-state index in [2.05, 4.69) is 47.6 Å². The van der Waals surface area contributed by atoms with Crippen LogP contribution in [0.5, 0.6) is 0 Å². The number of amides is 1. The zero-order valence-corrected chi connectivity index (χ0v) is 16.6. The van der Waals surface area contributed by atoms with E-state index in [1.54, 1.807) is 12.1 Å². The highest BCUT2D eigenvalue weighted by Crippen LogP contribution is 2.29. The van der Waals surface area contributed by atoms with Gasteiger partial charge in [0.25, 0.3) is 0 Å². The first-order valence-electron chi connectivity index (χ1n) is 8.87. The number of halogens is 1. The van der Waals surface area contributed by atoms with Crippen LogP contribution in [-0.2, 0) is 4.79 Å². The number of hydrogen-bond donors (Lipinski definition) is 1. The molecule has 0 fully saturated rings. The van der Waals surface area contributed by atoms with Crippen molar-refractivity contribution in [3.8, 4) is 0 Å². The molecule has 1 amide bonds. The number of pyridine rings is 1. The molecule has 0 unspecified atom stereocenters. The van der Waals surface area contributed by atoms with Crippen molar-refractivity contribution in [1.29, 1.82) is 0 Å². The first kappa shape index (κ1) is 18.4. The van der Waals surface area contributed by atoms with Crippen molar-refractivity contribution in [3.63, 3.8) is 0 Å². The number of carbonyl (C=O) groups is 1. The molecule has 142 valence electrons. The summed E-state index contributed by atoms with van der Waals surface area (Å²) in [5.74, 6) is -0.462. The number of fused-ring (bicyclic) bond motifs is 3. The zero-order chi connectivity index (χ0) is 19.8. The molecule has 0 aliphatic heterocycles. The highest BCUT2D eigenvalue weighted by Gasteiger charge is 2.16. The monoisotopic (exact) mass is 394 g/mol. The first-order valence-corrected chi connectivity index (χ1v) is 9.85. The van der Waals surface area contributed by atoms with E-state index in [0.717, 1.165) is 27.7 Å². The van der Waals surface area contributed by atoms with Crippen molar-refractivity contribution in [3.05, 3.63) is 65.0 Å². The van der Waals surface area contributed by atoms with E-state index >= 15 is 0 Å². The number of nitrogens with zero attached hydrogens (tertiary/aromatic N) is 3. The normalized spacial score (nSPS) is 11.3. The van der Waals surface area contributed by atoms with E-state index in [1.165, 1.54) is 29.5 Å². The molecule has 5 nitrogen and oxygen atoms in total. The predicted molar refractivity (Wildman–Crippen MR) is 110 cm³/mol. The van der Waals surface area contributed by atoms with Gasteiger partial charge in [-0.15, -0.1) is 10.2 Å². The summed E-state index contributed by atoms with van der Waals surface area (Å²) in [6, 6.07) is 12.2. The van der Waals surface area contributed by atoms with Crippen LogP contribution in [0.4, 0.5) is 10.1 Å². The van der Waals surface area contributed by atoms with Crippen molar-refractivity contribution >= 4 is 39.9 Å². The van der Waals surface area contributed by atoms with E-state index in [-0.39, 0.29) is 17.5 Å². The van der Waals surface area contributed by atoms with E-state index in [1.807, 2.05) is 11.3 Å². The van der Waals surface area contributed by atoms with Gasteiger partial charge in [-0.3, -0.25) is 9.20 Å². The molecule has 0 saturated heterocycles. The summed E-state index contributed by atoms with van der Waals surface area (Å²) in [5.41, 5.74) is 5.61. The Morgan fingerprint density at radius 1 is 1.07 bits per heavy atom. The Hall–Kier alpha value is -2.93. The average Bonchev–Trinajstić information content (AvgIpc) is 3.08. The second kappa shape index (κ2) is 7.24. The maximum absolute atomic E-state index is 13.3. The molecule has 0 aliphatic carbocycles. The van der Waals surface area contributed by atoms with Crippen LogP contribution < -0.4 is 5.32 Å². The summed E-state index contributed by atoms with van der Waals surface area (Å²) >= 11 is 1.31. The number of nitrogens with one attached hydrogen (secondary N) is 1. The SMILES string of the molecule is Cc1ccc(C)c2c1cc(C)c1nnc(SCC(=O)Nc3cccc(F)c3)n12. The minimum Gasteiger partial charge on any atom is -0.325 e. The standard InChI is InChI=1S/C21H19FN4OS/c1-12-7-8-13(2)19-17(12)9-14(3)20-24-25-21(26(19)20)28-11-18(27)23-16-6-4-5-15(22)10-16/h4-10H,11H2,1-3H3,(H,23,27). The maximum atomic E-state index is 13.3. The fourth-order valence-electron chi connectivity index (χ4n) is 3.29. The molecule has 1 N–H and O–H groups in total. The molecule has 0 saturated carbocycles. The number of benzene rings is 2. The molecule has 0 spiro atoms. The predicted octanol–water partition coefficient (Wildman–Crippen LogP) is 4.68. The van der Waals surface area contributed by atoms with Crippen LogP contribution in [0.25, 0.3) is 16.6 Å². The summed E-state index contributed by atoms with van der Waals surface area (Å²) in [7, 11) is 0. The smallest absolute Gasteiger partial charge is 0.234 e. The van der Waals surface area contributed by atoms with E-state index < -0.39 is 0 Å². The van der Waals surface area contributed by atoms with Gasteiger partial charge in [0.05, 0.1) is 11.3 Å². The van der Waals surface area contributed by atoms with Crippen LogP contribution in [0, 0.1) is 26.6 Å². The first-order chi connectivity index (χ1) is 13.4. The van der Waals surface area contributed by atoms with Gasteiger partial charge in [0, 0.05) is 11.1 Å². The lowest BCUT2D eigenvalue weighted by Crippen LogP contribution is -2.14. The topological polar surface area (TPSA) is 59.3 Å². The van der Waals surface area contributed by atoms with Gasteiger partial charge in [0.1, 0.15) is 5.82 Å². The van der Waals surface area contributed by atoms with Crippen molar-refractivity contribution < 1.29 is 9.18 Å². The third-order valence-electron chi connectivity index (χ3n) is 4.65. The van der Waals surface area contributed by atoms with Gasteiger partial charge in [-0.25, -0.2) is 4.39 Å². The van der Waals surface area contributed by atoms with Crippen LogP contribution in [0.1, 0.15) is 16.7 Å². The fraction of sp³-hybridized carbons (Fsp3) is 0.190. The quantitative estimate of drug-likeness (QED) is 0.511. The third kappa shape index (κ3) is 3.33. The Morgan fingerprint density at radius 2 is 1.86 bits per heavy atom. The van der Waals surface area contributed by atoms with Crippen LogP contribution >= 0.6 is 11.8 Å². The Balaban J connectivity index is 1.66. The van der Waals surface area contributed by atoms with Gasteiger partial charge >= 0.3 is 0 Å². The summed E-state index contributed by atoms with van der Waals surface area (Å²) in [6.45, 7) is 6.15. The molecule has 0 radical (unpaired) electrons. The zero-order valence-electron chi connectivity index (χ0n) is 15.8. The lowest BCUT2D eigenvalue weighted by molar-refractivity contribution is -0.113. The van der Waals surface area contributed by atoms with Crippen LogP contribution in [0.2, 0.25) is 0 Å². The Labute approximate surface area is 166 Å². The van der Waals surface area contributed by atoms with Gasteiger partial charge in [0.15, 0.2) is 10.8 Å². The van der Waals surface area contributed by atoms with Crippen LogP contribution in [0.15, 0.2) is 47.6 Å². The Morgan fingerprint density at radius 3 is 2.64 bits per heavy atom. The van der Waals surface area contributed by atoms with Gasteiger partial charge in [-0.2, -0.15) is 0 Å². The van der Waals surface area contributed by atoms with Gasteiger partial charge < -0.3 is 5.32 Å². The van der Waals surface area contributed by atoms with Crippen molar-refractivity contribution in [2.24, 2.45) is 0 Å². The number of carbonyl (C=O) groups excluding carboxylic acids is 1. The molecule has 2 aromatic carbocycles. The second-order valence-corrected chi connectivity index (χ2v) is 7.72. The highest BCUT2D eigenvalue weighted by atomic mass is 32.2. The van der Waals surface area contributed by atoms with Crippen LogP contribution in [-0.4, -0.2) is 26.3 Å². The molecule has 2 aromatic heterocycles. The fourth-order valence-corrected chi connectivity index (χ4v) is 4.03. The van der Waals surface area contributed by atoms with Crippen molar-refractivity contribution in [2.45, 2.75) is 25.9 Å². The number of thioether (sulfide) groups is 1. The third-order valence-corrected chi connectivity index (χ3v) is 5.58. The summed E-state index contributed by atoms with van der Waals surface area (Å²) < 4.78 is 15.3. The van der Waals surface area contributed by atoms with E-state index in [4.69, 9.17) is 0 Å². The molecule has 0 aliphatic rings. The Bertz CT molecular complexity index is 1220. The molecule has 4 aromatic rings. The minimum atomic E-state index is -0.387. The number of hydrogen-bond acceptors (Lipinski definition) is 4. The Kier molecular flexibility index (Phi) is 4.77. The molecule has 28 heavy (non-hydrogen) atoms. The molecule has 4 rings (SSSR count). The number of aryl methyl sites for hydroxylation is 3. The minimum absolute atomic E-state index is 0.150. The largest absolute Gasteiger partial charge is 0.325 e. The van der Waals surface area contributed by atoms with Crippen LogP contribution in [0.3, 0.4) is 0 Å². The second-order valence-electron chi connectivity index (χ2n) is 6.78. The molecule has 0 bridgehead atoms. The van der Waals surface area contributed by atoms with Gasteiger partial charge in [0.2, 0.25) is 5.91 Å². The molecule has 0 atom stereocenters. The van der Waals surface area contributed by atoms with Crippen molar-refractivity contribution in [2.75, 3.05) is 11.1 Å². The lowest BCUT2D eigenvalue weighted by atomic mass is 10.0. The maximum Gasteiger partial charge on any atom is 0.234 e. The summed E-state index contributed by atoms with van der Waals surface area (Å²) in [6.07, 6.45) is 0. The molecular weight excluding hydrogens is 375 g/mol. The lowest BCUT2D eigenvalue weighted by Gasteiger charge is -2.11. The molecule has 7 heteroatoms. The molecular formula is C21H19FN4OS. The van der Waals surface area contributed by atoms with Gasteiger partial charge in [-0.05, 0) is 61.7 Å².